The van der Waals surface area contributed by atoms with E-state index in [0.29, 0.717) is 4.88 Å². The summed E-state index contributed by atoms with van der Waals surface area (Å²) in [5.41, 5.74) is 0.195. The minimum absolute atomic E-state index is 0.195. The summed E-state index contributed by atoms with van der Waals surface area (Å²) in [4.78, 5) is 23.5. The fourth-order valence-electron chi connectivity index (χ4n) is 1.45. The number of aryl methyl sites for hydroxylation is 1. The van der Waals surface area contributed by atoms with Crippen LogP contribution in [0.25, 0.3) is 0 Å². The molecule has 2 N–H and O–H groups in total. The highest BCUT2D eigenvalue weighted by atomic mass is 32.1. The Kier molecular flexibility index (Phi) is 3.42. The molecule has 2 aromatic heterocycles. The van der Waals surface area contributed by atoms with Gasteiger partial charge in [-0.05, 0) is 17.5 Å². The fraction of sp³-hybridized carbons (Fsp3) is 0.182. The predicted octanol–water partition coefficient (Wildman–Crippen LogP) is 1.04. The van der Waals surface area contributed by atoms with E-state index in [4.69, 9.17) is 5.11 Å². The molecule has 0 spiro atoms. The predicted molar refractivity (Wildman–Crippen MR) is 65.4 cm³/mol. The molecule has 0 aliphatic carbocycles. The first-order chi connectivity index (χ1) is 8.58. The topological polar surface area (TPSA) is 84.2 Å². The van der Waals surface area contributed by atoms with Crippen molar-refractivity contribution in [1.82, 2.24) is 15.1 Å². The van der Waals surface area contributed by atoms with Gasteiger partial charge in [-0.3, -0.25) is 9.48 Å². The Bertz CT molecular complexity index is 562. The van der Waals surface area contributed by atoms with E-state index in [-0.39, 0.29) is 5.69 Å². The molecule has 6 nitrogen and oxygen atoms in total. The molecule has 2 heterocycles. The lowest BCUT2D eigenvalue weighted by atomic mass is 10.2. The molecule has 7 heteroatoms. The van der Waals surface area contributed by atoms with Gasteiger partial charge in [0, 0.05) is 18.1 Å². The number of nitrogens with one attached hydrogen (secondary N) is 1. The number of rotatable bonds is 4. The maximum atomic E-state index is 11.8. The first-order valence-electron chi connectivity index (χ1n) is 5.14. The number of carboxylic acids is 1. The van der Waals surface area contributed by atoms with E-state index in [9.17, 15) is 9.59 Å². The van der Waals surface area contributed by atoms with Crippen molar-refractivity contribution < 1.29 is 14.7 Å². The number of hydrogen-bond donors (Lipinski definition) is 2. The van der Waals surface area contributed by atoms with Crippen LogP contribution in [0.4, 0.5) is 0 Å². The van der Waals surface area contributed by atoms with E-state index in [1.807, 2.05) is 0 Å². The summed E-state index contributed by atoms with van der Waals surface area (Å²) in [6.45, 7) is 0. The van der Waals surface area contributed by atoms with Gasteiger partial charge in [0.15, 0.2) is 6.04 Å². The van der Waals surface area contributed by atoms with Crippen molar-refractivity contribution in [3.05, 3.63) is 40.3 Å². The van der Waals surface area contributed by atoms with Crippen LogP contribution in [0.15, 0.2) is 29.8 Å². The zero-order chi connectivity index (χ0) is 13.1. The Morgan fingerprint density at radius 1 is 1.50 bits per heavy atom. The number of carbonyl (C=O) groups is 2. The van der Waals surface area contributed by atoms with Crippen LogP contribution < -0.4 is 5.32 Å². The molecular weight excluding hydrogens is 254 g/mol. The molecule has 0 aromatic carbocycles. The molecular formula is C11H11N3O3S. The maximum Gasteiger partial charge on any atom is 0.331 e. The van der Waals surface area contributed by atoms with Crippen LogP contribution in [-0.2, 0) is 11.8 Å². The highest BCUT2D eigenvalue weighted by Crippen LogP contribution is 2.19. The maximum absolute atomic E-state index is 11.8. The van der Waals surface area contributed by atoms with Crippen LogP contribution in [-0.4, -0.2) is 26.8 Å². The van der Waals surface area contributed by atoms with E-state index in [1.165, 1.54) is 22.1 Å². The number of carbonyl (C=O) groups excluding carboxylic acids is 1. The van der Waals surface area contributed by atoms with Gasteiger partial charge in [-0.2, -0.15) is 5.10 Å². The largest absolute Gasteiger partial charge is 0.479 e. The third kappa shape index (κ3) is 2.57. The molecule has 1 atom stereocenters. The van der Waals surface area contributed by atoms with Crippen molar-refractivity contribution in [2.24, 2.45) is 7.05 Å². The smallest absolute Gasteiger partial charge is 0.331 e. The lowest BCUT2D eigenvalue weighted by Gasteiger charge is -2.11. The van der Waals surface area contributed by atoms with Crippen LogP contribution in [0.5, 0.6) is 0 Å². The van der Waals surface area contributed by atoms with Crippen molar-refractivity contribution in [1.29, 1.82) is 0 Å². The van der Waals surface area contributed by atoms with Gasteiger partial charge in [0.2, 0.25) is 0 Å². The number of nitrogens with zero attached hydrogens (tertiary/aromatic N) is 2. The molecule has 0 aliphatic rings. The van der Waals surface area contributed by atoms with E-state index >= 15 is 0 Å². The Morgan fingerprint density at radius 2 is 2.28 bits per heavy atom. The van der Waals surface area contributed by atoms with Gasteiger partial charge >= 0.3 is 5.97 Å². The zero-order valence-corrected chi connectivity index (χ0v) is 10.3. The molecule has 0 fully saturated rings. The third-order valence-electron chi connectivity index (χ3n) is 2.30. The molecule has 2 aromatic rings. The number of carboxylic acid groups (broad SMARTS) is 1. The van der Waals surface area contributed by atoms with Crippen LogP contribution in [0.2, 0.25) is 0 Å². The molecule has 1 amide bonds. The summed E-state index contributed by atoms with van der Waals surface area (Å²) in [5.74, 6) is -1.60. The first-order valence-corrected chi connectivity index (χ1v) is 6.02. The second kappa shape index (κ2) is 5.01. The fourth-order valence-corrected chi connectivity index (χ4v) is 2.22. The first kappa shape index (κ1) is 12.3. The SMILES string of the molecule is Cn1ccc(C(=O)NC(C(=O)O)c2cccs2)n1. The Labute approximate surface area is 107 Å². The Balaban J connectivity index is 2.15. The van der Waals surface area contributed by atoms with Crippen LogP contribution in [0.1, 0.15) is 21.4 Å². The molecule has 0 saturated heterocycles. The van der Waals surface area contributed by atoms with Crippen molar-refractivity contribution in [3.63, 3.8) is 0 Å². The van der Waals surface area contributed by atoms with E-state index < -0.39 is 17.9 Å². The number of aromatic nitrogens is 2. The molecule has 1 unspecified atom stereocenters. The van der Waals surface area contributed by atoms with Crippen LogP contribution in [0, 0.1) is 0 Å². The van der Waals surface area contributed by atoms with Gasteiger partial charge in [-0.15, -0.1) is 11.3 Å². The van der Waals surface area contributed by atoms with Crippen molar-refractivity contribution in [2.75, 3.05) is 0 Å². The summed E-state index contributed by atoms with van der Waals surface area (Å²) in [6.07, 6.45) is 1.62. The Morgan fingerprint density at radius 3 is 2.78 bits per heavy atom. The van der Waals surface area contributed by atoms with Gasteiger partial charge < -0.3 is 10.4 Å². The van der Waals surface area contributed by atoms with E-state index in [2.05, 4.69) is 10.4 Å². The highest BCUT2D eigenvalue weighted by molar-refractivity contribution is 7.10. The molecule has 94 valence electrons. The number of amides is 1. The minimum Gasteiger partial charge on any atom is -0.479 e. The Hall–Kier alpha value is -2.15. The van der Waals surface area contributed by atoms with Crippen molar-refractivity contribution >= 4 is 23.2 Å². The summed E-state index contributed by atoms with van der Waals surface area (Å²) >= 11 is 1.28. The zero-order valence-electron chi connectivity index (χ0n) is 9.53. The minimum atomic E-state index is -1.10. The monoisotopic (exact) mass is 265 g/mol. The molecule has 0 bridgehead atoms. The molecule has 18 heavy (non-hydrogen) atoms. The average molecular weight is 265 g/mol. The van der Waals surface area contributed by atoms with E-state index in [1.54, 1.807) is 30.8 Å². The van der Waals surface area contributed by atoms with Gasteiger partial charge in [-0.25, -0.2) is 4.79 Å². The molecule has 0 aliphatic heterocycles. The summed E-state index contributed by atoms with van der Waals surface area (Å²) in [7, 11) is 1.69. The average Bonchev–Trinajstić information content (AvgIpc) is 2.95. The molecule has 2 rings (SSSR count). The number of aliphatic carboxylic acids is 1. The molecule has 0 radical (unpaired) electrons. The van der Waals surface area contributed by atoms with E-state index in [0.717, 1.165) is 0 Å². The lowest BCUT2D eigenvalue weighted by Crippen LogP contribution is -2.33. The van der Waals surface area contributed by atoms with Gasteiger partial charge in [0.25, 0.3) is 5.91 Å². The normalized spacial score (nSPS) is 12.1. The van der Waals surface area contributed by atoms with Gasteiger partial charge in [0.05, 0.1) is 0 Å². The summed E-state index contributed by atoms with van der Waals surface area (Å²) < 4.78 is 1.48. The third-order valence-corrected chi connectivity index (χ3v) is 3.23. The summed E-state index contributed by atoms with van der Waals surface area (Å²) in [5, 5.41) is 17.2. The quantitative estimate of drug-likeness (QED) is 0.865. The second-order valence-corrected chi connectivity index (χ2v) is 4.61. The lowest BCUT2D eigenvalue weighted by molar-refractivity contribution is -0.139. The number of thiophene rings is 1. The highest BCUT2D eigenvalue weighted by Gasteiger charge is 2.24. The van der Waals surface area contributed by atoms with Crippen molar-refractivity contribution in [3.8, 4) is 0 Å². The standard InChI is InChI=1S/C11H11N3O3S/c1-14-5-4-7(13-14)10(15)12-9(11(16)17)8-3-2-6-18-8/h2-6,9H,1H3,(H,12,15)(H,16,17). The van der Waals surface area contributed by atoms with Crippen LogP contribution >= 0.6 is 11.3 Å². The van der Waals surface area contributed by atoms with Crippen molar-refractivity contribution in [2.45, 2.75) is 6.04 Å². The van der Waals surface area contributed by atoms with Crippen LogP contribution in [0.3, 0.4) is 0 Å². The second-order valence-electron chi connectivity index (χ2n) is 3.63. The number of hydrogen-bond acceptors (Lipinski definition) is 4. The molecule has 0 saturated carbocycles. The van der Waals surface area contributed by atoms with Gasteiger partial charge in [0.1, 0.15) is 5.69 Å². The van der Waals surface area contributed by atoms with Gasteiger partial charge in [-0.1, -0.05) is 6.07 Å². The summed E-state index contributed by atoms with van der Waals surface area (Å²) in [6, 6.07) is 3.90.